The lowest BCUT2D eigenvalue weighted by Crippen LogP contribution is -1.95. The Morgan fingerprint density at radius 1 is 1.29 bits per heavy atom. The Labute approximate surface area is 94.3 Å². The Bertz CT molecular complexity index is 449. The van der Waals surface area contributed by atoms with E-state index >= 15 is 0 Å². The van der Waals surface area contributed by atoms with Gasteiger partial charge in [0.2, 0.25) is 0 Å². The highest BCUT2D eigenvalue weighted by atomic mass is 35.5. The molecule has 0 bridgehead atoms. The van der Waals surface area contributed by atoms with E-state index in [0.29, 0.717) is 0 Å². The summed E-state index contributed by atoms with van der Waals surface area (Å²) in [7, 11) is 3.94. The van der Waals surface area contributed by atoms with Crippen molar-refractivity contribution in [3.63, 3.8) is 0 Å². The zero-order valence-corrected chi connectivity index (χ0v) is 9.62. The Morgan fingerprint density at radius 3 is 2.64 bits per heavy atom. The lowest BCUT2D eigenvalue weighted by Gasteiger charge is -2.01. The monoisotopic (exact) mass is 230 g/mol. The van der Waals surface area contributed by atoms with E-state index in [0.717, 1.165) is 10.8 Å². The van der Waals surface area contributed by atoms with Crippen LogP contribution in [0.25, 0.3) is 10.9 Å². The molecule has 0 aliphatic carbocycles. The average Bonchev–Trinajstić information content (AvgIpc) is 2.42. The van der Waals surface area contributed by atoms with Crippen molar-refractivity contribution in [2.24, 2.45) is 7.05 Å². The molecule has 0 aliphatic heterocycles. The summed E-state index contributed by atoms with van der Waals surface area (Å²) in [5.41, 5.74) is 1.19. The number of aromatic nitrogens is 1. The summed E-state index contributed by atoms with van der Waals surface area (Å²) in [6.07, 6.45) is 0. The highest BCUT2D eigenvalue weighted by Gasteiger charge is 2.03. The molecule has 0 atom stereocenters. The van der Waals surface area contributed by atoms with Gasteiger partial charge in [0, 0.05) is 30.0 Å². The summed E-state index contributed by atoms with van der Waals surface area (Å²) in [5, 5.41) is 5.07. The van der Waals surface area contributed by atoms with E-state index in [2.05, 4.69) is 16.0 Å². The van der Waals surface area contributed by atoms with E-state index in [4.69, 9.17) is 11.6 Å². The summed E-state index contributed by atoms with van der Waals surface area (Å²) >= 11 is 5.89. The maximum absolute atomic E-state index is 5.89. The van der Waals surface area contributed by atoms with Crippen LogP contribution >= 0.6 is 24.0 Å². The molecule has 0 fully saturated rings. The Kier molecular flexibility index (Phi) is 3.29. The molecule has 0 spiro atoms. The van der Waals surface area contributed by atoms with E-state index in [1.165, 1.54) is 10.9 Å². The molecule has 14 heavy (non-hydrogen) atoms. The van der Waals surface area contributed by atoms with Crippen LogP contribution in [0.5, 0.6) is 0 Å². The van der Waals surface area contributed by atoms with Gasteiger partial charge in [-0.1, -0.05) is 11.6 Å². The fourth-order valence-electron chi connectivity index (χ4n) is 1.56. The van der Waals surface area contributed by atoms with Crippen LogP contribution in [0, 0.1) is 0 Å². The van der Waals surface area contributed by atoms with E-state index in [1.54, 1.807) is 0 Å². The van der Waals surface area contributed by atoms with Gasteiger partial charge >= 0.3 is 0 Å². The van der Waals surface area contributed by atoms with Crippen molar-refractivity contribution in [1.29, 1.82) is 0 Å². The third kappa shape index (κ3) is 1.68. The molecule has 76 valence electrons. The number of benzene rings is 1. The third-order valence-electron chi connectivity index (χ3n) is 2.26. The van der Waals surface area contributed by atoms with Crippen LogP contribution in [0.15, 0.2) is 24.3 Å². The minimum absolute atomic E-state index is 0. The van der Waals surface area contributed by atoms with Crippen molar-refractivity contribution in [3.8, 4) is 0 Å². The van der Waals surface area contributed by atoms with Crippen LogP contribution < -0.4 is 5.32 Å². The van der Waals surface area contributed by atoms with Crippen LogP contribution in [-0.4, -0.2) is 11.6 Å². The SMILES string of the molecule is CNc1cc2cc(Cl)ccc2n1C.Cl. The summed E-state index contributed by atoms with van der Waals surface area (Å²) in [4.78, 5) is 0. The Hall–Kier alpha value is -0.860. The van der Waals surface area contributed by atoms with E-state index in [-0.39, 0.29) is 12.4 Å². The summed E-state index contributed by atoms with van der Waals surface area (Å²) < 4.78 is 2.10. The quantitative estimate of drug-likeness (QED) is 0.796. The molecule has 0 amide bonds. The highest BCUT2D eigenvalue weighted by molar-refractivity contribution is 6.31. The zero-order chi connectivity index (χ0) is 9.42. The second kappa shape index (κ2) is 4.11. The molecule has 2 rings (SSSR count). The van der Waals surface area contributed by atoms with Crippen molar-refractivity contribution in [3.05, 3.63) is 29.3 Å². The normalized spacial score (nSPS) is 9.93. The van der Waals surface area contributed by atoms with Gasteiger partial charge in [-0.15, -0.1) is 12.4 Å². The first-order chi connectivity index (χ1) is 6.22. The van der Waals surface area contributed by atoms with Crippen molar-refractivity contribution in [1.82, 2.24) is 4.57 Å². The maximum atomic E-state index is 5.89. The number of aryl methyl sites for hydroxylation is 1. The topological polar surface area (TPSA) is 17.0 Å². The van der Waals surface area contributed by atoms with Gasteiger partial charge in [-0.05, 0) is 24.3 Å². The number of nitrogens with zero attached hydrogens (tertiary/aromatic N) is 1. The second-order valence-corrected chi connectivity index (χ2v) is 3.48. The number of rotatable bonds is 1. The molecule has 2 nitrogen and oxygen atoms in total. The number of fused-ring (bicyclic) bond motifs is 1. The Morgan fingerprint density at radius 2 is 2.00 bits per heavy atom. The summed E-state index contributed by atoms with van der Waals surface area (Å²) in [5.74, 6) is 1.09. The second-order valence-electron chi connectivity index (χ2n) is 3.04. The molecule has 1 aromatic carbocycles. The van der Waals surface area contributed by atoms with E-state index < -0.39 is 0 Å². The minimum atomic E-state index is 0. The number of hydrogen-bond acceptors (Lipinski definition) is 1. The molecular formula is C10H12Cl2N2. The molecule has 4 heteroatoms. The lowest BCUT2D eigenvalue weighted by molar-refractivity contribution is 0.972. The van der Waals surface area contributed by atoms with Gasteiger partial charge in [-0.25, -0.2) is 0 Å². The van der Waals surface area contributed by atoms with Gasteiger partial charge in [-0.2, -0.15) is 0 Å². The molecule has 1 heterocycles. The number of hydrogen-bond donors (Lipinski definition) is 1. The largest absolute Gasteiger partial charge is 0.375 e. The molecule has 0 unspecified atom stereocenters. The van der Waals surface area contributed by atoms with Crippen LogP contribution in [0.2, 0.25) is 5.02 Å². The fraction of sp³-hybridized carbons (Fsp3) is 0.200. The molecule has 0 saturated heterocycles. The predicted octanol–water partition coefficient (Wildman–Crippen LogP) is 3.30. The van der Waals surface area contributed by atoms with Crippen molar-refractivity contribution in [2.75, 3.05) is 12.4 Å². The minimum Gasteiger partial charge on any atom is -0.375 e. The van der Waals surface area contributed by atoms with Crippen molar-refractivity contribution < 1.29 is 0 Å². The number of anilines is 1. The summed E-state index contributed by atoms with van der Waals surface area (Å²) in [6, 6.07) is 7.99. The van der Waals surface area contributed by atoms with Crippen LogP contribution in [-0.2, 0) is 7.05 Å². The van der Waals surface area contributed by atoms with Gasteiger partial charge in [-0.3, -0.25) is 0 Å². The lowest BCUT2D eigenvalue weighted by atomic mass is 10.2. The molecule has 2 aromatic rings. The van der Waals surface area contributed by atoms with Gasteiger partial charge in [0.15, 0.2) is 0 Å². The first-order valence-corrected chi connectivity index (χ1v) is 4.53. The van der Waals surface area contributed by atoms with Crippen molar-refractivity contribution >= 4 is 40.7 Å². The number of nitrogens with one attached hydrogen (secondary N) is 1. The van der Waals surface area contributed by atoms with Crippen molar-refractivity contribution in [2.45, 2.75) is 0 Å². The standard InChI is InChI=1S/C10H11ClN2.ClH/c1-12-10-6-7-5-8(11)3-4-9(7)13(10)2;/h3-6,12H,1-2H3;1H. The molecule has 0 radical (unpaired) electrons. The number of halogens is 2. The first-order valence-electron chi connectivity index (χ1n) is 4.15. The van der Waals surface area contributed by atoms with Gasteiger partial charge < -0.3 is 9.88 Å². The van der Waals surface area contributed by atoms with Crippen LogP contribution in [0.1, 0.15) is 0 Å². The summed E-state index contributed by atoms with van der Waals surface area (Å²) in [6.45, 7) is 0. The highest BCUT2D eigenvalue weighted by Crippen LogP contribution is 2.24. The average molecular weight is 231 g/mol. The smallest absolute Gasteiger partial charge is 0.106 e. The van der Waals surface area contributed by atoms with Gasteiger partial charge in [0.1, 0.15) is 5.82 Å². The third-order valence-corrected chi connectivity index (χ3v) is 2.50. The van der Waals surface area contributed by atoms with Gasteiger partial charge in [0.25, 0.3) is 0 Å². The predicted molar refractivity (Wildman–Crippen MR) is 64.7 cm³/mol. The van der Waals surface area contributed by atoms with E-state index in [9.17, 15) is 0 Å². The first kappa shape index (κ1) is 11.2. The molecular weight excluding hydrogens is 219 g/mol. The molecule has 1 N–H and O–H groups in total. The molecule has 0 saturated carbocycles. The zero-order valence-electron chi connectivity index (χ0n) is 8.04. The fourth-order valence-corrected chi connectivity index (χ4v) is 1.74. The maximum Gasteiger partial charge on any atom is 0.106 e. The molecule has 0 aliphatic rings. The van der Waals surface area contributed by atoms with E-state index in [1.807, 2.05) is 32.3 Å². The van der Waals surface area contributed by atoms with Gasteiger partial charge in [0.05, 0.1) is 0 Å². The molecule has 1 aromatic heterocycles. The Balaban J connectivity index is 0.000000980. The van der Waals surface area contributed by atoms with Crippen LogP contribution in [0.4, 0.5) is 5.82 Å². The van der Waals surface area contributed by atoms with Crippen LogP contribution in [0.3, 0.4) is 0 Å².